The van der Waals surface area contributed by atoms with Crippen molar-refractivity contribution >= 4 is 11.7 Å². The van der Waals surface area contributed by atoms with E-state index in [4.69, 9.17) is 11.5 Å². The monoisotopic (exact) mass is 421 g/mol. The zero-order valence-corrected chi connectivity index (χ0v) is 18.0. The van der Waals surface area contributed by atoms with E-state index in [-0.39, 0.29) is 23.6 Å². The summed E-state index contributed by atoms with van der Waals surface area (Å²) in [5.41, 5.74) is 14.6. The maximum Gasteiger partial charge on any atom is 0.142 e. The van der Waals surface area contributed by atoms with Gasteiger partial charge in [-0.15, -0.1) is 5.10 Å². The van der Waals surface area contributed by atoms with Crippen molar-refractivity contribution in [3.8, 4) is 28.4 Å². The average molecular weight is 422 g/mol. The molecular weight excluding hydrogens is 394 g/mol. The van der Waals surface area contributed by atoms with Crippen LogP contribution in [0.3, 0.4) is 0 Å². The molecule has 0 saturated heterocycles. The number of rotatable bonds is 6. The molecule has 1 heterocycles. The van der Waals surface area contributed by atoms with Crippen molar-refractivity contribution in [2.45, 2.75) is 39.8 Å². The van der Waals surface area contributed by atoms with Crippen LogP contribution in [0, 0.1) is 0 Å². The molecule has 0 spiro atoms. The van der Waals surface area contributed by atoms with Gasteiger partial charge >= 0.3 is 0 Å². The maximum atomic E-state index is 10.5. The minimum atomic E-state index is -0.0258. The number of aliphatic imine (C=N–C) groups is 2. The third-order valence-electron chi connectivity index (χ3n) is 4.37. The molecule has 0 aliphatic carbocycles. The highest BCUT2D eigenvalue weighted by molar-refractivity contribution is 5.99. The second kappa shape index (κ2) is 8.86. The van der Waals surface area contributed by atoms with E-state index in [1.54, 1.807) is 30.5 Å². The Morgan fingerprint density at radius 3 is 2.03 bits per heavy atom. The fourth-order valence-electron chi connectivity index (χ4n) is 2.99. The number of nitrogens with zero attached hydrogens (tertiary/aromatic N) is 5. The molecule has 0 saturated carbocycles. The molecule has 0 amide bonds. The van der Waals surface area contributed by atoms with Gasteiger partial charge in [-0.2, -0.15) is 0 Å². The minimum Gasteiger partial charge on any atom is -0.507 e. The molecule has 6 N–H and O–H groups in total. The van der Waals surface area contributed by atoms with Crippen molar-refractivity contribution in [1.29, 1.82) is 0 Å². The smallest absolute Gasteiger partial charge is 0.142 e. The van der Waals surface area contributed by atoms with Crippen LogP contribution in [0.4, 0.5) is 0 Å². The van der Waals surface area contributed by atoms with Gasteiger partial charge in [0.15, 0.2) is 0 Å². The highest BCUT2D eigenvalue weighted by Gasteiger charge is 2.14. The number of phenols is 2. The average Bonchev–Trinajstić information content (AvgIpc) is 3.16. The first-order valence-corrected chi connectivity index (χ1v) is 9.92. The Balaban J connectivity index is 1.96. The first kappa shape index (κ1) is 21.8. The van der Waals surface area contributed by atoms with Crippen LogP contribution in [0.15, 0.2) is 52.6 Å². The van der Waals surface area contributed by atoms with E-state index in [9.17, 15) is 10.2 Å². The van der Waals surface area contributed by atoms with Gasteiger partial charge < -0.3 is 21.7 Å². The Morgan fingerprint density at radius 2 is 1.45 bits per heavy atom. The number of phenolic OH excluding ortho intramolecular Hbond substituents is 2. The second-order valence-corrected chi connectivity index (χ2v) is 7.70. The van der Waals surface area contributed by atoms with Gasteiger partial charge in [0.05, 0.1) is 6.20 Å². The molecule has 1 aromatic heterocycles. The summed E-state index contributed by atoms with van der Waals surface area (Å²) in [5.74, 6) is 0.726. The quantitative estimate of drug-likeness (QED) is 0.355. The van der Waals surface area contributed by atoms with Gasteiger partial charge in [0.25, 0.3) is 0 Å². The molecule has 162 valence electrons. The molecule has 0 unspecified atom stereocenters. The second-order valence-electron chi connectivity index (χ2n) is 7.70. The molecule has 0 aliphatic rings. The minimum absolute atomic E-state index is 0.0258. The van der Waals surface area contributed by atoms with E-state index in [0.29, 0.717) is 39.7 Å². The van der Waals surface area contributed by atoms with Gasteiger partial charge in [-0.1, -0.05) is 5.21 Å². The van der Waals surface area contributed by atoms with Crippen LogP contribution in [0.5, 0.6) is 11.5 Å². The van der Waals surface area contributed by atoms with Crippen LogP contribution >= 0.6 is 0 Å². The molecule has 0 aliphatic heterocycles. The van der Waals surface area contributed by atoms with E-state index in [0.717, 1.165) is 0 Å². The molecular formula is C22H27N7O2. The summed E-state index contributed by atoms with van der Waals surface area (Å²) in [6, 6.07) is 9.98. The molecule has 0 atom stereocenters. The summed E-state index contributed by atoms with van der Waals surface area (Å²) < 4.78 is 1.42. The zero-order chi connectivity index (χ0) is 22.7. The molecule has 0 fully saturated rings. The van der Waals surface area contributed by atoms with Crippen LogP contribution in [-0.2, 0) is 0 Å². The number of hydrogen-bond acceptors (Lipinski definition) is 6. The zero-order valence-electron chi connectivity index (χ0n) is 18.0. The van der Waals surface area contributed by atoms with Crippen LogP contribution < -0.4 is 11.5 Å². The predicted octanol–water partition coefficient (Wildman–Crippen LogP) is 2.57. The number of nitrogens with two attached hydrogens (primary N) is 2. The molecule has 3 aromatic rings. The Kier molecular flexibility index (Phi) is 6.24. The Hall–Kier alpha value is -3.88. The summed E-state index contributed by atoms with van der Waals surface area (Å²) in [4.78, 5) is 8.62. The lowest BCUT2D eigenvalue weighted by molar-refractivity contribution is 0.469. The van der Waals surface area contributed by atoms with Crippen LogP contribution in [0.25, 0.3) is 16.9 Å². The van der Waals surface area contributed by atoms with Crippen molar-refractivity contribution < 1.29 is 10.2 Å². The third-order valence-corrected chi connectivity index (χ3v) is 4.37. The first-order chi connectivity index (χ1) is 14.7. The molecule has 9 nitrogen and oxygen atoms in total. The van der Waals surface area contributed by atoms with Crippen LogP contribution in [0.2, 0.25) is 0 Å². The number of benzene rings is 2. The Morgan fingerprint density at radius 1 is 0.871 bits per heavy atom. The van der Waals surface area contributed by atoms with E-state index in [1.807, 2.05) is 27.7 Å². The van der Waals surface area contributed by atoms with Gasteiger partial charge in [-0.3, -0.25) is 9.98 Å². The maximum absolute atomic E-state index is 10.5. The molecule has 31 heavy (non-hydrogen) atoms. The van der Waals surface area contributed by atoms with Crippen molar-refractivity contribution in [3.63, 3.8) is 0 Å². The molecule has 9 heteroatoms. The highest BCUT2D eigenvalue weighted by Crippen LogP contribution is 2.30. The summed E-state index contributed by atoms with van der Waals surface area (Å²) in [7, 11) is 0. The SMILES string of the molecule is CC(C)N=C(N)c1ccc(-n2cc(-c3cc(C(N)=NC(C)C)ccc3O)nn2)c(O)c1. The molecule has 0 bridgehead atoms. The van der Waals surface area contributed by atoms with E-state index < -0.39 is 0 Å². The van der Waals surface area contributed by atoms with Crippen molar-refractivity contribution in [1.82, 2.24) is 15.0 Å². The Bertz CT molecular complexity index is 1150. The van der Waals surface area contributed by atoms with Crippen LogP contribution in [-0.4, -0.2) is 49.0 Å². The summed E-state index contributed by atoms with van der Waals surface area (Å²) in [5, 5.41) is 29.0. The topological polar surface area (TPSA) is 148 Å². The molecule has 2 aromatic carbocycles. The van der Waals surface area contributed by atoms with Crippen LogP contribution in [0.1, 0.15) is 38.8 Å². The highest BCUT2D eigenvalue weighted by atomic mass is 16.3. The summed E-state index contributed by atoms with van der Waals surface area (Å²) in [6.07, 6.45) is 1.61. The van der Waals surface area contributed by atoms with E-state index in [1.165, 1.54) is 16.8 Å². The molecule has 3 rings (SSSR count). The third kappa shape index (κ3) is 5.00. The number of amidine groups is 2. The van der Waals surface area contributed by atoms with Gasteiger partial charge in [0.1, 0.15) is 34.6 Å². The van der Waals surface area contributed by atoms with E-state index >= 15 is 0 Å². The lowest BCUT2D eigenvalue weighted by Gasteiger charge is -2.08. The van der Waals surface area contributed by atoms with Crippen molar-refractivity contribution in [2.75, 3.05) is 0 Å². The van der Waals surface area contributed by atoms with Crippen molar-refractivity contribution in [3.05, 3.63) is 53.7 Å². The number of hydrogen-bond donors (Lipinski definition) is 4. The standard InChI is InChI=1S/C22H27N7O2/c1-12(2)25-21(23)14-6-8-19(30)16(9-14)17-11-29(28-27-17)18-7-5-15(10-20(18)31)22(24)26-13(3)4/h5-13,30-31H,1-4H3,(H2,23,25)(H2,24,26). The van der Waals surface area contributed by atoms with Gasteiger partial charge in [-0.05, 0) is 64.1 Å². The summed E-state index contributed by atoms with van der Waals surface area (Å²) in [6.45, 7) is 7.70. The lowest BCUT2D eigenvalue weighted by Crippen LogP contribution is -2.15. The largest absolute Gasteiger partial charge is 0.507 e. The van der Waals surface area contributed by atoms with Gasteiger partial charge in [-0.25, -0.2) is 4.68 Å². The van der Waals surface area contributed by atoms with Gasteiger partial charge in [0, 0.05) is 28.8 Å². The fourth-order valence-corrected chi connectivity index (χ4v) is 2.99. The summed E-state index contributed by atoms with van der Waals surface area (Å²) >= 11 is 0. The Labute approximate surface area is 180 Å². The number of aromatic nitrogens is 3. The van der Waals surface area contributed by atoms with Crippen molar-refractivity contribution in [2.24, 2.45) is 21.5 Å². The first-order valence-electron chi connectivity index (χ1n) is 9.92. The fraction of sp³-hybridized carbons (Fsp3) is 0.273. The van der Waals surface area contributed by atoms with Gasteiger partial charge in [0.2, 0.25) is 0 Å². The normalized spacial score (nSPS) is 12.7. The predicted molar refractivity (Wildman–Crippen MR) is 122 cm³/mol. The lowest BCUT2D eigenvalue weighted by atomic mass is 10.1. The number of aromatic hydroxyl groups is 2. The molecule has 0 radical (unpaired) electrons. The van der Waals surface area contributed by atoms with E-state index in [2.05, 4.69) is 20.3 Å².